The van der Waals surface area contributed by atoms with Gasteiger partial charge in [0, 0.05) is 23.7 Å². The Morgan fingerprint density at radius 3 is 2.71 bits per heavy atom. The van der Waals surface area contributed by atoms with Gasteiger partial charge in [-0.25, -0.2) is 0 Å². The number of pyridine rings is 2. The van der Waals surface area contributed by atoms with Crippen LogP contribution in [0.2, 0.25) is 0 Å². The Morgan fingerprint density at radius 2 is 2.00 bits per heavy atom. The summed E-state index contributed by atoms with van der Waals surface area (Å²) in [6.45, 7) is 1.97. The molecule has 3 rings (SSSR count). The minimum Gasteiger partial charge on any atom is -0.486 e. The first-order chi connectivity index (χ1) is 13.2. The molecule has 0 aliphatic carbocycles. The van der Waals surface area contributed by atoms with Crippen LogP contribution >= 0.6 is 0 Å². The van der Waals surface area contributed by atoms with E-state index in [-0.39, 0.29) is 18.1 Å². The molecule has 146 valence electrons. The number of nitrogens with zero attached hydrogens (tertiary/aromatic N) is 4. The third kappa shape index (κ3) is 4.54. The lowest BCUT2D eigenvalue weighted by Crippen LogP contribution is -2.19. The molecule has 0 saturated carbocycles. The number of hydrogen-bond acceptors (Lipinski definition) is 5. The number of halogens is 3. The zero-order valence-electron chi connectivity index (χ0n) is 15.2. The summed E-state index contributed by atoms with van der Waals surface area (Å²) >= 11 is 0. The minimum absolute atomic E-state index is 0.00535. The molecule has 0 aliphatic rings. The molecular formula is C19H17F3N4O2. The number of ketones is 1. The number of hydrogen-bond donors (Lipinski definition) is 0. The average molecular weight is 390 g/mol. The number of aryl methyl sites for hydroxylation is 1. The van der Waals surface area contributed by atoms with Crippen LogP contribution in [0.5, 0.6) is 5.75 Å². The molecule has 0 fully saturated rings. The first kappa shape index (κ1) is 19.5. The molecule has 6 nitrogen and oxygen atoms in total. The van der Waals surface area contributed by atoms with E-state index in [1.807, 2.05) is 0 Å². The Hall–Kier alpha value is -3.23. The molecule has 28 heavy (non-hydrogen) atoms. The molecule has 0 unspecified atom stereocenters. The molecule has 0 spiro atoms. The maximum atomic E-state index is 12.8. The van der Waals surface area contributed by atoms with Crippen LogP contribution in [-0.2, 0) is 13.2 Å². The van der Waals surface area contributed by atoms with E-state index >= 15 is 0 Å². The number of alkyl halides is 3. The lowest BCUT2D eigenvalue weighted by molar-refractivity contribution is -0.142. The largest absolute Gasteiger partial charge is 0.486 e. The van der Waals surface area contributed by atoms with Gasteiger partial charge in [-0.3, -0.25) is 19.4 Å². The van der Waals surface area contributed by atoms with Crippen molar-refractivity contribution < 1.29 is 22.7 Å². The second-order valence-corrected chi connectivity index (χ2v) is 6.17. The van der Waals surface area contributed by atoms with Crippen molar-refractivity contribution in [2.24, 2.45) is 0 Å². The van der Waals surface area contributed by atoms with E-state index < -0.39 is 12.7 Å². The quantitative estimate of drug-likeness (QED) is 0.595. The Bertz CT molecular complexity index is 999. The van der Waals surface area contributed by atoms with Crippen molar-refractivity contribution in [3.8, 4) is 17.1 Å². The van der Waals surface area contributed by atoms with Crippen molar-refractivity contribution in [1.82, 2.24) is 19.7 Å². The second-order valence-electron chi connectivity index (χ2n) is 6.17. The Labute approximate surface area is 159 Å². The van der Waals surface area contributed by atoms with E-state index in [0.29, 0.717) is 28.3 Å². The third-order valence-electron chi connectivity index (χ3n) is 3.95. The Morgan fingerprint density at radius 1 is 1.21 bits per heavy atom. The summed E-state index contributed by atoms with van der Waals surface area (Å²) in [6, 6.07) is 6.44. The van der Waals surface area contributed by atoms with Gasteiger partial charge >= 0.3 is 6.18 Å². The lowest BCUT2D eigenvalue weighted by Gasteiger charge is -2.14. The lowest BCUT2D eigenvalue weighted by atomic mass is 10.1. The monoisotopic (exact) mass is 390 g/mol. The van der Waals surface area contributed by atoms with Crippen molar-refractivity contribution in [2.45, 2.75) is 33.2 Å². The highest BCUT2D eigenvalue weighted by molar-refractivity contribution is 5.96. The number of Topliss-reactive ketones (excluding diaryl/α,β-unsaturated/α-hetero) is 1. The van der Waals surface area contributed by atoms with Crippen molar-refractivity contribution in [3.05, 3.63) is 59.7 Å². The van der Waals surface area contributed by atoms with Crippen LogP contribution in [0, 0.1) is 6.92 Å². The smallest absolute Gasteiger partial charge is 0.408 e. The average Bonchev–Trinajstić information content (AvgIpc) is 3.06. The Kier molecular flexibility index (Phi) is 5.43. The van der Waals surface area contributed by atoms with Gasteiger partial charge in [-0.2, -0.15) is 18.3 Å². The Balaban J connectivity index is 1.89. The SMILES string of the molecule is CC(=O)c1cc(C)ncc1OCc1cccnc1-c1ccnn1CC(F)(F)F. The number of rotatable bonds is 6. The number of aromatic nitrogens is 4. The summed E-state index contributed by atoms with van der Waals surface area (Å²) in [5, 5.41) is 3.75. The van der Waals surface area contributed by atoms with Gasteiger partial charge in [-0.15, -0.1) is 0 Å². The molecule has 0 atom stereocenters. The van der Waals surface area contributed by atoms with Crippen molar-refractivity contribution in [1.29, 1.82) is 0 Å². The van der Waals surface area contributed by atoms with Crippen molar-refractivity contribution in [2.75, 3.05) is 0 Å². The zero-order chi connectivity index (χ0) is 20.3. The summed E-state index contributed by atoms with van der Waals surface area (Å²) in [7, 11) is 0. The van der Waals surface area contributed by atoms with Gasteiger partial charge < -0.3 is 4.74 Å². The van der Waals surface area contributed by atoms with E-state index in [9.17, 15) is 18.0 Å². The molecule has 0 bridgehead atoms. The maximum absolute atomic E-state index is 12.8. The first-order valence-electron chi connectivity index (χ1n) is 8.38. The topological polar surface area (TPSA) is 69.9 Å². The van der Waals surface area contributed by atoms with Crippen LogP contribution in [0.4, 0.5) is 13.2 Å². The van der Waals surface area contributed by atoms with Crippen molar-refractivity contribution >= 4 is 5.78 Å². The molecule has 3 aromatic heterocycles. The van der Waals surface area contributed by atoms with Crippen LogP contribution in [0.1, 0.15) is 28.5 Å². The van der Waals surface area contributed by atoms with Gasteiger partial charge in [0.1, 0.15) is 18.9 Å². The van der Waals surface area contributed by atoms with Gasteiger partial charge in [0.2, 0.25) is 0 Å². The van der Waals surface area contributed by atoms with Gasteiger partial charge in [0.25, 0.3) is 0 Å². The minimum atomic E-state index is -4.41. The summed E-state index contributed by atoms with van der Waals surface area (Å²) in [6.07, 6.45) is -0.178. The maximum Gasteiger partial charge on any atom is 0.408 e. The first-order valence-corrected chi connectivity index (χ1v) is 8.38. The van der Waals surface area contributed by atoms with Crippen LogP contribution < -0.4 is 4.74 Å². The molecule has 0 amide bonds. The third-order valence-corrected chi connectivity index (χ3v) is 3.95. The predicted molar refractivity (Wildman–Crippen MR) is 94.8 cm³/mol. The standard InChI is InChI=1S/C19H17F3N4O2/c1-12-8-15(13(2)27)17(9-24-12)28-10-14-4-3-6-23-18(14)16-5-7-25-26(16)11-19(20,21)22/h3-9H,10-11H2,1-2H3. The van der Waals surface area contributed by atoms with E-state index in [4.69, 9.17) is 4.74 Å². The summed E-state index contributed by atoms with van der Waals surface area (Å²) in [5.74, 6) is 0.131. The molecular weight excluding hydrogens is 373 g/mol. The highest BCUT2D eigenvalue weighted by Crippen LogP contribution is 2.26. The molecule has 3 aromatic rings. The van der Waals surface area contributed by atoms with E-state index in [0.717, 1.165) is 4.68 Å². The molecule has 3 heterocycles. The number of ether oxygens (including phenoxy) is 1. The summed E-state index contributed by atoms with van der Waals surface area (Å²) in [5.41, 5.74) is 2.18. The van der Waals surface area contributed by atoms with Crippen molar-refractivity contribution in [3.63, 3.8) is 0 Å². The highest BCUT2D eigenvalue weighted by Gasteiger charge is 2.30. The molecule has 0 saturated heterocycles. The molecule has 0 aliphatic heterocycles. The fourth-order valence-electron chi connectivity index (χ4n) is 2.71. The number of carbonyl (C=O) groups excluding carboxylic acids is 1. The highest BCUT2D eigenvalue weighted by atomic mass is 19.4. The fraction of sp³-hybridized carbons (Fsp3) is 0.263. The van der Waals surface area contributed by atoms with Crippen LogP contribution in [0.3, 0.4) is 0 Å². The van der Waals surface area contributed by atoms with Crippen LogP contribution in [0.15, 0.2) is 42.9 Å². The van der Waals surface area contributed by atoms with Crippen LogP contribution in [0.25, 0.3) is 11.4 Å². The fourth-order valence-corrected chi connectivity index (χ4v) is 2.71. The van der Waals surface area contributed by atoms with E-state index in [1.165, 1.54) is 31.6 Å². The normalized spacial score (nSPS) is 11.5. The molecule has 9 heteroatoms. The second kappa shape index (κ2) is 7.79. The van der Waals surface area contributed by atoms with E-state index in [1.54, 1.807) is 25.1 Å². The van der Waals surface area contributed by atoms with Gasteiger partial charge in [0.05, 0.1) is 23.1 Å². The molecule has 0 aromatic carbocycles. The zero-order valence-corrected chi connectivity index (χ0v) is 15.2. The summed E-state index contributed by atoms with van der Waals surface area (Å²) in [4.78, 5) is 20.2. The van der Waals surface area contributed by atoms with Gasteiger partial charge in [0.15, 0.2) is 5.78 Å². The van der Waals surface area contributed by atoms with Crippen LogP contribution in [-0.4, -0.2) is 31.7 Å². The van der Waals surface area contributed by atoms with Gasteiger partial charge in [-0.1, -0.05) is 6.07 Å². The molecule has 0 radical (unpaired) electrons. The summed E-state index contributed by atoms with van der Waals surface area (Å²) < 4.78 is 45.0. The molecule has 0 N–H and O–H groups in total. The predicted octanol–water partition coefficient (Wildman–Crippen LogP) is 3.99. The van der Waals surface area contributed by atoms with E-state index in [2.05, 4.69) is 15.1 Å². The number of carbonyl (C=O) groups is 1. The van der Waals surface area contributed by atoms with Gasteiger partial charge in [-0.05, 0) is 32.0 Å².